The highest BCUT2D eigenvalue weighted by molar-refractivity contribution is 7.88. The first-order valence-corrected chi connectivity index (χ1v) is 16.0. The lowest BCUT2D eigenvalue weighted by atomic mass is 10.0. The summed E-state index contributed by atoms with van der Waals surface area (Å²) in [6.07, 6.45) is 5.72. The van der Waals surface area contributed by atoms with Crippen LogP contribution in [-0.4, -0.2) is 53.7 Å². The number of sulfonamides is 1. The molecular formula is C32H31F2N5O4S. The number of piperidine rings is 1. The van der Waals surface area contributed by atoms with Crippen LogP contribution in [0.25, 0.3) is 11.8 Å². The molecule has 1 aromatic heterocycles. The molecule has 3 aromatic carbocycles. The zero-order valence-corrected chi connectivity index (χ0v) is 25.0. The number of anilines is 2. The van der Waals surface area contributed by atoms with Crippen molar-refractivity contribution in [1.29, 1.82) is 0 Å². The molecule has 1 fully saturated rings. The number of rotatable bonds is 8. The highest BCUT2D eigenvalue weighted by Crippen LogP contribution is 2.34. The second-order valence-electron chi connectivity index (χ2n) is 11.1. The van der Waals surface area contributed by atoms with E-state index in [0.717, 1.165) is 11.1 Å². The maximum absolute atomic E-state index is 15.0. The normalized spacial score (nSPS) is 15.6. The smallest absolute Gasteiger partial charge is 0.211 e. The maximum atomic E-state index is 15.0. The zero-order chi connectivity index (χ0) is 31.2. The van der Waals surface area contributed by atoms with Crippen LogP contribution in [0.5, 0.6) is 11.5 Å². The van der Waals surface area contributed by atoms with Crippen molar-refractivity contribution in [3.05, 3.63) is 100 Å². The molecule has 3 N–H and O–H groups in total. The van der Waals surface area contributed by atoms with Gasteiger partial charge >= 0.3 is 0 Å². The third kappa shape index (κ3) is 5.82. The first kappa shape index (κ1) is 29.5. The van der Waals surface area contributed by atoms with Gasteiger partial charge in [-0.15, -0.1) is 0 Å². The number of hydrogen-bond acceptors (Lipinski definition) is 7. The topological polar surface area (TPSA) is 120 Å². The zero-order valence-electron chi connectivity index (χ0n) is 24.2. The van der Waals surface area contributed by atoms with E-state index in [4.69, 9.17) is 10.5 Å². The monoisotopic (exact) mass is 619 g/mol. The minimum atomic E-state index is -3.25. The summed E-state index contributed by atoms with van der Waals surface area (Å²) in [7, 11) is -3.25. The van der Waals surface area contributed by atoms with E-state index in [-0.39, 0.29) is 29.0 Å². The van der Waals surface area contributed by atoms with Crippen molar-refractivity contribution >= 4 is 33.4 Å². The van der Waals surface area contributed by atoms with Gasteiger partial charge in [-0.3, -0.25) is 4.79 Å². The quantitative estimate of drug-likeness (QED) is 0.250. The summed E-state index contributed by atoms with van der Waals surface area (Å²) >= 11 is 0. The molecular weight excluding hydrogens is 588 g/mol. The lowest BCUT2D eigenvalue weighted by Crippen LogP contribution is -2.41. The molecule has 0 bridgehead atoms. The van der Waals surface area contributed by atoms with Gasteiger partial charge in [0, 0.05) is 31.1 Å². The maximum Gasteiger partial charge on any atom is 0.211 e. The van der Waals surface area contributed by atoms with Gasteiger partial charge in [0.25, 0.3) is 0 Å². The van der Waals surface area contributed by atoms with Crippen LogP contribution in [0, 0.1) is 18.6 Å². The molecule has 1 aliphatic carbocycles. The van der Waals surface area contributed by atoms with Crippen LogP contribution in [-0.2, 0) is 16.4 Å². The summed E-state index contributed by atoms with van der Waals surface area (Å²) < 4.78 is 61.2. The van der Waals surface area contributed by atoms with Crippen LogP contribution in [0.3, 0.4) is 0 Å². The Bertz CT molecular complexity index is 1910. The lowest BCUT2D eigenvalue weighted by molar-refractivity contribution is 0.103. The first-order chi connectivity index (χ1) is 21.0. The molecule has 0 saturated carbocycles. The number of carbonyl (C=O) groups is 1. The van der Waals surface area contributed by atoms with E-state index in [1.165, 1.54) is 39.6 Å². The highest BCUT2D eigenvalue weighted by atomic mass is 32.2. The number of Topliss-reactive ketones (excluding diaryl/α,β-unsaturated/α-hetero) is 1. The third-order valence-corrected chi connectivity index (χ3v) is 9.33. The van der Waals surface area contributed by atoms with Crippen molar-refractivity contribution < 1.29 is 26.7 Å². The van der Waals surface area contributed by atoms with E-state index in [0.29, 0.717) is 60.6 Å². The molecule has 6 rings (SSSR count). The molecule has 2 aliphatic rings. The van der Waals surface area contributed by atoms with E-state index >= 15 is 4.39 Å². The predicted octanol–water partition coefficient (Wildman–Crippen LogP) is 5.49. The number of ketones is 1. The third-order valence-electron chi connectivity index (χ3n) is 8.03. The second-order valence-corrected chi connectivity index (χ2v) is 13.1. The Labute approximate surface area is 254 Å². The number of aryl methyl sites for hydroxylation is 1. The minimum absolute atomic E-state index is 0.0646. The summed E-state index contributed by atoms with van der Waals surface area (Å²) in [6, 6.07) is 14.3. The van der Waals surface area contributed by atoms with Gasteiger partial charge < -0.3 is 15.8 Å². The van der Waals surface area contributed by atoms with Crippen molar-refractivity contribution in [3.63, 3.8) is 0 Å². The van der Waals surface area contributed by atoms with Crippen molar-refractivity contribution in [3.8, 4) is 17.2 Å². The number of nitrogen functional groups attached to an aromatic ring is 1. The fourth-order valence-corrected chi connectivity index (χ4v) is 6.53. The van der Waals surface area contributed by atoms with E-state index < -0.39 is 21.7 Å². The lowest BCUT2D eigenvalue weighted by Gasteiger charge is -2.31. The van der Waals surface area contributed by atoms with Crippen LogP contribution in [0.1, 0.15) is 39.9 Å². The summed E-state index contributed by atoms with van der Waals surface area (Å²) in [5.74, 6) is -0.511. The minimum Gasteiger partial charge on any atom is -0.454 e. The Kier molecular flexibility index (Phi) is 7.72. The number of halogens is 2. The largest absolute Gasteiger partial charge is 0.454 e. The number of fused-ring (bicyclic) bond motifs is 1. The van der Waals surface area contributed by atoms with Crippen molar-refractivity contribution in [2.45, 2.75) is 32.2 Å². The van der Waals surface area contributed by atoms with Crippen molar-refractivity contribution in [1.82, 2.24) is 14.1 Å². The molecule has 0 spiro atoms. The number of carbonyl (C=O) groups excluding carboxylic acids is 1. The molecule has 12 heteroatoms. The highest BCUT2D eigenvalue weighted by Gasteiger charge is 2.28. The number of para-hydroxylation sites is 1. The summed E-state index contributed by atoms with van der Waals surface area (Å²) in [5.41, 5.74) is 10.2. The van der Waals surface area contributed by atoms with Crippen molar-refractivity contribution in [2.75, 3.05) is 30.4 Å². The van der Waals surface area contributed by atoms with Gasteiger partial charge in [-0.1, -0.05) is 12.1 Å². The Morgan fingerprint density at radius 2 is 1.82 bits per heavy atom. The fourth-order valence-electron chi connectivity index (χ4n) is 5.65. The Morgan fingerprint density at radius 1 is 1.07 bits per heavy atom. The number of allylic oxidation sites excluding steroid dienone is 1. The number of hydrogen-bond donors (Lipinski definition) is 2. The summed E-state index contributed by atoms with van der Waals surface area (Å²) in [6.45, 7) is 2.59. The average Bonchev–Trinajstić information content (AvgIpc) is 3.57. The van der Waals surface area contributed by atoms with Gasteiger partial charge in [0.2, 0.25) is 10.0 Å². The fraction of sp³-hybridized carbons (Fsp3) is 0.250. The summed E-state index contributed by atoms with van der Waals surface area (Å²) in [5, 5.41) is 7.58. The number of nitrogens with two attached hydrogens (primary N) is 1. The predicted molar refractivity (Wildman–Crippen MR) is 165 cm³/mol. The van der Waals surface area contributed by atoms with Gasteiger partial charge in [0.1, 0.15) is 17.4 Å². The second kappa shape index (κ2) is 11.5. The molecule has 1 aliphatic heterocycles. The Hall–Kier alpha value is -4.55. The molecule has 9 nitrogen and oxygen atoms in total. The van der Waals surface area contributed by atoms with E-state index in [1.54, 1.807) is 42.5 Å². The van der Waals surface area contributed by atoms with Crippen molar-refractivity contribution in [2.24, 2.45) is 0 Å². The van der Waals surface area contributed by atoms with Crippen LogP contribution in [0.2, 0.25) is 0 Å². The SMILES string of the molecule is Cc1cc(Oc2ccccc2F)ccc1-n1ncc(C(=O)C2=Cc3cc(F)c(NC4CCN(S(C)(=O)=O)CC4)cc3C2)c1N. The van der Waals surface area contributed by atoms with Crippen LogP contribution >= 0.6 is 0 Å². The molecule has 0 unspecified atom stereocenters. The molecule has 228 valence electrons. The van der Waals surface area contributed by atoms with Crippen LogP contribution < -0.4 is 15.8 Å². The average molecular weight is 620 g/mol. The number of benzene rings is 3. The molecule has 0 atom stereocenters. The number of ether oxygens (including phenoxy) is 1. The Morgan fingerprint density at radius 3 is 2.52 bits per heavy atom. The van der Waals surface area contributed by atoms with Gasteiger partial charge in [-0.25, -0.2) is 26.2 Å². The Balaban J connectivity index is 1.15. The standard InChI is InChI=1S/C32H31F2N5O4S/c1-19-13-24(43-30-6-4-3-5-26(30)33)7-8-29(19)39-32(35)25(18-36-39)31(40)22-14-20-16-27(34)28(17-21(20)15-22)37-23-9-11-38(12-10-23)44(2,41)42/h3-8,13-14,16-18,23,37H,9-12,15,35H2,1-2H3. The van der Waals surface area contributed by atoms with Gasteiger partial charge in [0.15, 0.2) is 17.3 Å². The molecule has 0 radical (unpaired) electrons. The first-order valence-electron chi connectivity index (χ1n) is 14.1. The van der Waals surface area contributed by atoms with Gasteiger partial charge in [0.05, 0.1) is 29.4 Å². The number of nitrogens with one attached hydrogen (secondary N) is 1. The molecule has 4 aromatic rings. The molecule has 1 saturated heterocycles. The van der Waals surface area contributed by atoms with E-state index in [9.17, 15) is 17.6 Å². The number of aromatic nitrogens is 2. The van der Waals surface area contributed by atoms with E-state index in [2.05, 4.69) is 10.4 Å². The van der Waals surface area contributed by atoms with Crippen LogP contribution in [0.4, 0.5) is 20.3 Å². The summed E-state index contributed by atoms with van der Waals surface area (Å²) in [4.78, 5) is 13.5. The molecule has 2 heterocycles. The van der Waals surface area contributed by atoms with Crippen LogP contribution in [0.15, 0.2) is 66.4 Å². The van der Waals surface area contributed by atoms with Gasteiger partial charge in [-0.2, -0.15) is 5.10 Å². The van der Waals surface area contributed by atoms with E-state index in [1.807, 2.05) is 6.92 Å². The molecule has 0 amide bonds. The molecule has 44 heavy (non-hydrogen) atoms. The van der Waals surface area contributed by atoms with Gasteiger partial charge in [-0.05, 0) is 85.0 Å². The number of nitrogens with zero attached hydrogens (tertiary/aromatic N) is 3.